The maximum absolute atomic E-state index is 11.2. The molecule has 3 N–H and O–H groups in total. The van der Waals surface area contributed by atoms with Gasteiger partial charge in [0.05, 0.1) is 0 Å². The van der Waals surface area contributed by atoms with Crippen LogP contribution in [0.25, 0.3) is 0 Å². The lowest BCUT2D eigenvalue weighted by atomic mass is 10.2. The Bertz CT molecular complexity index is 507. The fourth-order valence-electron chi connectivity index (χ4n) is 0.802. The van der Waals surface area contributed by atoms with Gasteiger partial charge in [-0.1, -0.05) is 0 Å². The van der Waals surface area contributed by atoms with E-state index in [0.29, 0.717) is 0 Å². The number of rotatable bonds is 3. The standard InChI is InChI=1S/C6H5N5O3/c7-11-9-2-4(12)3-1-8-6(14)10-5(3)13/h1,7H,2H2,(H-,8,10,12,13,14)/p+1. The van der Waals surface area contributed by atoms with Gasteiger partial charge in [-0.25, -0.2) is 4.79 Å². The van der Waals surface area contributed by atoms with Gasteiger partial charge >= 0.3 is 5.69 Å². The van der Waals surface area contributed by atoms with Crippen molar-refractivity contribution in [2.24, 2.45) is 5.11 Å². The Morgan fingerprint density at radius 1 is 1.57 bits per heavy atom. The topological polar surface area (TPSA) is 133 Å². The molecule has 0 aliphatic rings. The van der Waals surface area contributed by atoms with Crippen molar-refractivity contribution in [3.05, 3.63) is 32.6 Å². The Balaban J connectivity index is 3.08. The predicted octanol–water partition coefficient (Wildman–Crippen LogP) is -1.20. The van der Waals surface area contributed by atoms with Gasteiger partial charge in [-0.2, -0.15) is 0 Å². The minimum absolute atomic E-state index is 0.211. The highest BCUT2D eigenvalue weighted by molar-refractivity contribution is 5.96. The highest BCUT2D eigenvalue weighted by Gasteiger charge is 2.12. The number of ketones is 1. The zero-order valence-corrected chi connectivity index (χ0v) is 6.90. The Kier molecular flexibility index (Phi) is 2.82. The second-order valence-corrected chi connectivity index (χ2v) is 2.31. The monoisotopic (exact) mass is 196 g/mol. The van der Waals surface area contributed by atoms with E-state index in [-0.39, 0.29) is 5.56 Å². The van der Waals surface area contributed by atoms with Gasteiger partial charge in [0.2, 0.25) is 4.91 Å². The quantitative estimate of drug-likeness (QED) is 0.318. The fraction of sp³-hybridized carbons (Fsp3) is 0.167. The lowest BCUT2D eigenvalue weighted by Gasteiger charge is -1.91. The Morgan fingerprint density at radius 2 is 2.29 bits per heavy atom. The average Bonchev–Trinajstić information content (AvgIpc) is 2.14. The first-order chi connectivity index (χ1) is 6.65. The molecule has 0 aliphatic carbocycles. The van der Waals surface area contributed by atoms with Crippen LogP contribution in [-0.2, 0) is 0 Å². The SMILES string of the molecule is N=[N+]=NCC(=O)c1c[nH]c(=O)[nH]c1=O. The van der Waals surface area contributed by atoms with Gasteiger partial charge in [-0.15, -0.1) is 0 Å². The highest BCUT2D eigenvalue weighted by atomic mass is 16.2. The van der Waals surface area contributed by atoms with Crippen LogP contribution in [0.4, 0.5) is 0 Å². The van der Waals surface area contributed by atoms with Crippen LogP contribution < -0.4 is 16.2 Å². The Hall–Kier alpha value is -2.34. The molecule has 0 saturated carbocycles. The molecule has 1 aromatic heterocycles. The number of H-pyrrole nitrogens is 2. The van der Waals surface area contributed by atoms with Crippen molar-refractivity contribution >= 4 is 5.78 Å². The van der Waals surface area contributed by atoms with Gasteiger partial charge in [-0.05, 0) is 0 Å². The van der Waals surface area contributed by atoms with Crippen molar-refractivity contribution in [2.75, 3.05) is 6.54 Å². The van der Waals surface area contributed by atoms with E-state index in [9.17, 15) is 14.4 Å². The van der Waals surface area contributed by atoms with Crippen molar-refractivity contribution in [1.82, 2.24) is 14.9 Å². The van der Waals surface area contributed by atoms with Crippen molar-refractivity contribution in [3.8, 4) is 0 Å². The molecule has 1 heterocycles. The van der Waals surface area contributed by atoms with Crippen LogP contribution in [0.1, 0.15) is 10.4 Å². The van der Waals surface area contributed by atoms with E-state index in [1.165, 1.54) is 0 Å². The first-order valence-corrected chi connectivity index (χ1v) is 3.53. The van der Waals surface area contributed by atoms with Crippen LogP contribution in [0.15, 0.2) is 20.9 Å². The lowest BCUT2D eigenvalue weighted by molar-refractivity contribution is 0.0998. The maximum Gasteiger partial charge on any atom is 0.325 e. The molecule has 0 bridgehead atoms. The third-order valence-electron chi connectivity index (χ3n) is 1.40. The molecule has 1 rings (SSSR count). The number of nitrogens with one attached hydrogen (secondary N) is 3. The second kappa shape index (κ2) is 4.06. The molecule has 0 aromatic carbocycles. The molecular formula is C6H6N5O3+. The zero-order valence-electron chi connectivity index (χ0n) is 6.90. The van der Waals surface area contributed by atoms with E-state index in [1.54, 1.807) is 0 Å². The highest BCUT2D eigenvalue weighted by Crippen LogP contribution is 1.87. The summed E-state index contributed by atoms with van der Waals surface area (Å²) in [4.78, 5) is 39.4. The van der Waals surface area contributed by atoms with Gasteiger partial charge in [-0.3, -0.25) is 14.6 Å². The fourth-order valence-corrected chi connectivity index (χ4v) is 0.802. The summed E-state index contributed by atoms with van der Waals surface area (Å²) in [5.74, 6) is -0.612. The molecule has 0 unspecified atom stereocenters. The van der Waals surface area contributed by atoms with E-state index < -0.39 is 23.6 Å². The molecule has 0 fully saturated rings. The van der Waals surface area contributed by atoms with Crippen molar-refractivity contribution < 1.29 is 4.79 Å². The summed E-state index contributed by atoms with van der Waals surface area (Å²) in [6, 6.07) is 0. The number of aromatic nitrogens is 2. The van der Waals surface area contributed by atoms with Crippen molar-refractivity contribution in [3.63, 3.8) is 0 Å². The molecular weight excluding hydrogens is 190 g/mol. The Labute approximate surface area is 76.2 Å². The molecule has 0 aliphatic heterocycles. The summed E-state index contributed by atoms with van der Waals surface area (Å²) < 4.78 is 0. The van der Waals surface area contributed by atoms with Gasteiger partial charge in [0.15, 0.2) is 12.3 Å². The first-order valence-electron chi connectivity index (χ1n) is 3.53. The van der Waals surface area contributed by atoms with Crippen LogP contribution >= 0.6 is 0 Å². The summed E-state index contributed by atoms with van der Waals surface area (Å²) in [5.41, 5.74) is 4.63. The molecule has 0 saturated heterocycles. The maximum atomic E-state index is 11.2. The van der Waals surface area contributed by atoms with Crippen molar-refractivity contribution in [1.29, 1.82) is 5.53 Å². The summed E-state index contributed by atoms with van der Waals surface area (Å²) in [6.07, 6.45) is 1.00. The average molecular weight is 196 g/mol. The summed E-state index contributed by atoms with van der Waals surface area (Å²) >= 11 is 0. The number of carbonyl (C=O) groups is 1. The third-order valence-corrected chi connectivity index (χ3v) is 1.40. The van der Waals surface area contributed by atoms with Crippen LogP contribution in [0.2, 0.25) is 0 Å². The number of nitrogens with zero attached hydrogens (tertiary/aromatic N) is 2. The molecule has 0 amide bonds. The molecule has 8 nitrogen and oxygen atoms in total. The molecule has 14 heavy (non-hydrogen) atoms. The number of hydrogen-bond donors (Lipinski definition) is 3. The minimum atomic E-state index is -0.779. The third kappa shape index (κ3) is 2.08. The van der Waals surface area contributed by atoms with Crippen LogP contribution in [0, 0.1) is 5.53 Å². The summed E-state index contributed by atoms with van der Waals surface area (Å²) in [7, 11) is 0. The molecule has 1 aromatic rings. The van der Waals surface area contributed by atoms with E-state index in [1.807, 2.05) is 4.98 Å². The van der Waals surface area contributed by atoms with Gasteiger partial charge in [0.1, 0.15) is 16.2 Å². The van der Waals surface area contributed by atoms with Gasteiger partial charge in [0, 0.05) is 6.20 Å². The summed E-state index contributed by atoms with van der Waals surface area (Å²) in [6.45, 7) is -0.390. The van der Waals surface area contributed by atoms with Gasteiger partial charge < -0.3 is 4.98 Å². The first kappa shape index (κ1) is 9.75. The number of hydrogen-bond acceptors (Lipinski definition) is 5. The molecule has 0 atom stereocenters. The molecule has 72 valence electrons. The predicted molar refractivity (Wildman–Crippen MR) is 44.2 cm³/mol. The van der Waals surface area contributed by atoms with Gasteiger partial charge in [0.25, 0.3) is 5.56 Å². The Morgan fingerprint density at radius 3 is 2.86 bits per heavy atom. The minimum Gasteiger partial charge on any atom is -0.313 e. The smallest absolute Gasteiger partial charge is 0.313 e. The lowest BCUT2D eigenvalue weighted by Crippen LogP contribution is -2.27. The zero-order chi connectivity index (χ0) is 10.6. The second-order valence-electron chi connectivity index (χ2n) is 2.31. The molecule has 0 spiro atoms. The summed E-state index contributed by atoms with van der Waals surface area (Å²) in [5, 5.41) is 3.11. The van der Waals surface area contributed by atoms with E-state index in [0.717, 1.165) is 6.20 Å². The molecule has 0 radical (unpaired) electrons. The molecule has 8 heteroatoms. The largest absolute Gasteiger partial charge is 0.325 e. The van der Waals surface area contributed by atoms with Crippen LogP contribution in [0.3, 0.4) is 0 Å². The van der Waals surface area contributed by atoms with Crippen LogP contribution in [-0.4, -0.2) is 22.3 Å². The van der Waals surface area contributed by atoms with E-state index >= 15 is 0 Å². The van der Waals surface area contributed by atoms with Crippen molar-refractivity contribution in [2.45, 2.75) is 0 Å². The number of carbonyl (C=O) groups excluding carboxylic acids is 1. The normalized spacial score (nSPS) is 9.14. The van der Waals surface area contributed by atoms with E-state index in [2.05, 4.69) is 15.0 Å². The number of Topliss-reactive ketones (excluding diaryl/α,β-unsaturated/α-hetero) is 1. The number of aromatic amines is 2. The van der Waals surface area contributed by atoms with Crippen LogP contribution in [0.5, 0.6) is 0 Å². The van der Waals surface area contributed by atoms with E-state index in [4.69, 9.17) is 5.53 Å².